The van der Waals surface area contributed by atoms with Crippen LogP contribution in [0, 0.1) is 0 Å². The number of ether oxygens (including phenoxy) is 1. The Kier molecular flexibility index (Phi) is 3.79. The number of anilines is 1. The second-order valence-electron chi connectivity index (χ2n) is 3.77. The first-order valence-electron chi connectivity index (χ1n) is 5.50. The Balaban J connectivity index is 2.46. The first-order chi connectivity index (χ1) is 8.70. The monoisotopic (exact) mass is 258 g/mol. The maximum absolute atomic E-state index is 5.47. The van der Waals surface area contributed by atoms with Gasteiger partial charge in [-0.1, -0.05) is 30.3 Å². The van der Waals surface area contributed by atoms with E-state index in [1.807, 2.05) is 48.5 Å². The Morgan fingerprint density at radius 2 is 1.89 bits per heavy atom. The SMILES string of the molecule is COc1ccc(NC(N)=S)cc1-c1ccccc1. The lowest BCUT2D eigenvalue weighted by Gasteiger charge is -2.11. The number of hydrogen-bond acceptors (Lipinski definition) is 2. The molecule has 3 N–H and O–H groups in total. The van der Waals surface area contributed by atoms with Crippen molar-refractivity contribution in [1.82, 2.24) is 0 Å². The summed E-state index contributed by atoms with van der Waals surface area (Å²) in [6.45, 7) is 0. The fraction of sp³-hybridized carbons (Fsp3) is 0.0714. The third-order valence-electron chi connectivity index (χ3n) is 2.55. The van der Waals surface area contributed by atoms with Crippen molar-refractivity contribution in [3.05, 3.63) is 48.5 Å². The van der Waals surface area contributed by atoms with Crippen molar-refractivity contribution in [3.8, 4) is 16.9 Å². The number of nitrogens with one attached hydrogen (secondary N) is 1. The third kappa shape index (κ3) is 2.78. The van der Waals surface area contributed by atoms with E-state index in [2.05, 4.69) is 5.32 Å². The van der Waals surface area contributed by atoms with Crippen LogP contribution in [0.5, 0.6) is 5.75 Å². The molecule has 4 heteroatoms. The van der Waals surface area contributed by atoms with Crippen LogP contribution < -0.4 is 15.8 Å². The van der Waals surface area contributed by atoms with Gasteiger partial charge in [0.2, 0.25) is 0 Å². The Hall–Kier alpha value is -2.07. The predicted octanol–water partition coefficient (Wildman–Crippen LogP) is 3.02. The van der Waals surface area contributed by atoms with Gasteiger partial charge in [-0.2, -0.15) is 0 Å². The number of nitrogens with two attached hydrogens (primary N) is 1. The molecule has 0 amide bonds. The molecule has 2 aromatic rings. The molecule has 0 heterocycles. The largest absolute Gasteiger partial charge is 0.496 e. The third-order valence-corrected chi connectivity index (χ3v) is 2.65. The minimum atomic E-state index is 0.249. The molecule has 0 aliphatic carbocycles. The second kappa shape index (κ2) is 5.51. The van der Waals surface area contributed by atoms with E-state index in [1.54, 1.807) is 7.11 Å². The van der Waals surface area contributed by atoms with Crippen LogP contribution in [0.1, 0.15) is 0 Å². The summed E-state index contributed by atoms with van der Waals surface area (Å²) in [4.78, 5) is 0. The molecular weight excluding hydrogens is 244 g/mol. The van der Waals surface area contributed by atoms with Gasteiger partial charge in [-0.05, 0) is 36.0 Å². The molecule has 2 aromatic carbocycles. The molecular formula is C14H14N2OS. The highest BCUT2D eigenvalue weighted by Crippen LogP contribution is 2.32. The van der Waals surface area contributed by atoms with Crippen LogP contribution in [0.15, 0.2) is 48.5 Å². The van der Waals surface area contributed by atoms with E-state index in [0.29, 0.717) is 0 Å². The van der Waals surface area contributed by atoms with Gasteiger partial charge in [0.05, 0.1) is 7.11 Å². The average Bonchev–Trinajstić information content (AvgIpc) is 2.39. The highest BCUT2D eigenvalue weighted by molar-refractivity contribution is 7.80. The van der Waals surface area contributed by atoms with Gasteiger partial charge in [0.1, 0.15) is 5.75 Å². The van der Waals surface area contributed by atoms with E-state index >= 15 is 0 Å². The number of rotatable bonds is 3. The molecule has 3 nitrogen and oxygen atoms in total. The summed E-state index contributed by atoms with van der Waals surface area (Å²) in [5, 5.41) is 3.17. The van der Waals surface area contributed by atoms with Crippen LogP contribution in [0.3, 0.4) is 0 Å². The van der Waals surface area contributed by atoms with Gasteiger partial charge >= 0.3 is 0 Å². The maximum atomic E-state index is 5.47. The Labute approximate surface area is 112 Å². The summed E-state index contributed by atoms with van der Waals surface area (Å²) in [7, 11) is 1.66. The minimum Gasteiger partial charge on any atom is -0.496 e. The van der Waals surface area contributed by atoms with E-state index in [0.717, 1.165) is 22.6 Å². The lowest BCUT2D eigenvalue weighted by Crippen LogP contribution is -2.18. The lowest BCUT2D eigenvalue weighted by molar-refractivity contribution is 0.416. The van der Waals surface area contributed by atoms with E-state index in [4.69, 9.17) is 22.7 Å². The van der Waals surface area contributed by atoms with Crippen molar-refractivity contribution < 1.29 is 4.74 Å². The molecule has 0 radical (unpaired) electrons. The number of benzene rings is 2. The first-order valence-corrected chi connectivity index (χ1v) is 5.91. The van der Waals surface area contributed by atoms with Gasteiger partial charge in [-0.3, -0.25) is 0 Å². The summed E-state index contributed by atoms with van der Waals surface area (Å²) in [6.07, 6.45) is 0. The van der Waals surface area contributed by atoms with Crippen molar-refractivity contribution >= 4 is 23.0 Å². The van der Waals surface area contributed by atoms with E-state index in [1.165, 1.54) is 0 Å². The van der Waals surface area contributed by atoms with Crippen molar-refractivity contribution in [2.24, 2.45) is 5.73 Å². The smallest absolute Gasteiger partial charge is 0.168 e. The zero-order valence-electron chi connectivity index (χ0n) is 10.0. The molecule has 0 saturated heterocycles. The Morgan fingerprint density at radius 3 is 2.50 bits per heavy atom. The number of thiocarbonyl (C=S) groups is 1. The van der Waals surface area contributed by atoms with Crippen LogP contribution in [-0.4, -0.2) is 12.2 Å². The second-order valence-corrected chi connectivity index (χ2v) is 4.21. The summed E-state index contributed by atoms with van der Waals surface area (Å²) in [5.41, 5.74) is 8.41. The molecule has 0 unspecified atom stereocenters. The molecule has 0 aromatic heterocycles. The quantitative estimate of drug-likeness (QED) is 0.831. The van der Waals surface area contributed by atoms with Gasteiger partial charge in [0.15, 0.2) is 5.11 Å². The molecule has 0 aliphatic rings. The van der Waals surface area contributed by atoms with E-state index in [-0.39, 0.29) is 5.11 Å². The molecule has 18 heavy (non-hydrogen) atoms. The van der Waals surface area contributed by atoms with E-state index < -0.39 is 0 Å². The van der Waals surface area contributed by atoms with Crippen LogP contribution >= 0.6 is 12.2 Å². The van der Waals surface area contributed by atoms with Crippen LogP contribution in [0.4, 0.5) is 5.69 Å². The highest BCUT2D eigenvalue weighted by Gasteiger charge is 2.06. The molecule has 0 aliphatic heterocycles. The highest BCUT2D eigenvalue weighted by atomic mass is 32.1. The van der Waals surface area contributed by atoms with Crippen LogP contribution in [0.25, 0.3) is 11.1 Å². The standard InChI is InChI=1S/C14H14N2OS/c1-17-13-8-7-11(16-14(15)18)9-12(13)10-5-3-2-4-6-10/h2-9H,1H3,(H3,15,16,18). The molecule has 0 fully saturated rings. The fourth-order valence-electron chi connectivity index (χ4n) is 1.77. The molecule has 92 valence electrons. The maximum Gasteiger partial charge on any atom is 0.168 e. The van der Waals surface area contributed by atoms with Gasteiger partial charge in [-0.15, -0.1) is 0 Å². The number of hydrogen-bond donors (Lipinski definition) is 2. The van der Waals surface area contributed by atoms with E-state index in [9.17, 15) is 0 Å². The summed E-state index contributed by atoms with van der Waals surface area (Å²) in [5.74, 6) is 0.815. The molecule has 0 saturated carbocycles. The minimum absolute atomic E-state index is 0.249. The zero-order chi connectivity index (χ0) is 13.0. The normalized spacial score (nSPS) is 9.83. The van der Waals surface area contributed by atoms with Crippen molar-refractivity contribution in [2.45, 2.75) is 0 Å². The summed E-state index contributed by atoms with van der Waals surface area (Å²) < 4.78 is 5.37. The summed E-state index contributed by atoms with van der Waals surface area (Å²) in [6, 6.07) is 15.8. The van der Waals surface area contributed by atoms with Crippen LogP contribution in [0.2, 0.25) is 0 Å². The molecule has 0 spiro atoms. The summed E-state index contributed by atoms with van der Waals surface area (Å²) >= 11 is 4.83. The zero-order valence-corrected chi connectivity index (χ0v) is 10.8. The molecule has 0 atom stereocenters. The van der Waals surface area contributed by atoms with Crippen molar-refractivity contribution in [3.63, 3.8) is 0 Å². The molecule has 0 bridgehead atoms. The molecule has 2 rings (SSSR count). The van der Waals surface area contributed by atoms with Crippen LogP contribution in [-0.2, 0) is 0 Å². The average molecular weight is 258 g/mol. The van der Waals surface area contributed by atoms with Gasteiger partial charge in [-0.25, -0.2) is 0 Å². The van der Waals surface area contributed by atoms with Gasteiger partial charge < -0.3 is 15.8 Å². The van der Waals surface area contributed by atoms with Crippen molar-refractivity contribution in [1.29, 1.82) is 0 Å². The lowest BCUT2D eigenvalue weighted by atomic mass is 10.0. The number of methoxy groups -OCH3 is 1. The van der Waals surface area contributed by atoms with Gasteiger partial charge in [0, 0.05) is 11.3 Å². The first kappa shape index (κ1) is 12.4. The Bertz CT molecular complexity index is 555. The topological polar surface area (TPSA) is 47.3 Å². The predicted molar refractivity (Wildman–Crippen MR) is 78.8 cm³/mol. The van der Waals surface area contributed by atoms with Gasteiger partial charge in [0.25, 0.3) is 0 Å². The fourth-order valence-corrected chi connectivity index (χ4v) is 1.89. The van der Waals surface area contributed by atoms with Crippen molar-refractivity contribution in [2.75, 3.05) is 12.4 Å². The Morgan fingerprint density at radius 1 is 1.17 bits per heavy atom.